The van der Waals surface area contributed by atoms with E-state index in [1.807, 2.05) is 63.4 Å². The first-order chi connectivity index (χ1) is 35.8. The first-order valence-electron chi connectivity index (χ1n) is 26.4. The SMILES string of the molecule is CNCCN(CCN(C)CCC(=O)OC)CCN(C)CCC(=O)OC.CNCCN(CCNC)CCN(C)CCC(=O)OC.COC(=O)CCN(C)CCN(CCN(C)CCC(=O)OC)CCN(C)CCC(=O)OC. The summed E-state index contributed by atoms with van der Waals surface area (Å²) in [5.74, 6) is -1.11. The molecule has 0 saturated carbocycles. The highest BCUT2D eigenvalue weighted by Gasteiger charge is 2.15. The maximum absolute atomic E-state index is 11.3. The van der Waals surface area contributed by atoms with Gasteiger partial charge in [0.15, 0.2) is 0 Å². The number of hydrogen-bond acceptors (Lipinski definition) is 24. The molecule has 0 fully saturated rings. The van der Waals surface area contributed by atoms with Crippen LogP contribution in [0.5, 0.6) is 0 Å². The summed E-state index contributed by atoms with van der Waals surface area (Å²) < 4.78 is 28.1. The molecule has 0 radical (unpaired) electrons. The second kappa shape index (κ2) is 52.4. The zero-order chi connectivity index (χ0) is 57.2. The zero-order valence-corrected chi connectivity index (χ0v) is 49.6. The van der Waals surface area contributed by atoms with Gasteiger partial charge in [0, 0.05) is 157 Å². The number of ether oxygens (including phenoxy) is 6. The Bertz CT molecular complexity index is 1320. The van der Waals surface area contributed by atoms with E-state index in [-0.39, 0.29) is 35.8 Å². The van der Waals surface area contributed by atoms with Gasteiger partial charge in [0.25, 0.3) is 0 Å². The van der Waals surface area contributed by atoms with Crippen LogP contribution in [0, 0.1) is 0 Å². The Morgan fingerprint density at radius 1 is 0.253 bits per heavy atom. The van der Waals surface area contributed by atoms with Crippen molar-refractivity contribution >= 4 is 35.8 Å². The van der Waals surface area contributed by atoms with Gasteiger partial charge in [-0.25, -0.2) is 0 Å². The molecule has 0 aromatic carbocycles. The van der Waals surface area contributed by atoms with Crippen LogP contribution in [0.4, 0.5) is 0 Å². The first kappa shape index (κ1) is 75.6. The zero-order valence-electron chi connectivity index (χ0n) is 49.6. The van der Waals surface area contributed by atoms with E-state index in [4.69, 9.17) is 14.2 Å². The molecular weight excluding hydrogens is 973 g/mol. The number of nitrogens with zero attached hydrogens (tertiary/aromatic N) is 9. The number of nitrogens with one attached hydrogen (secondary N) is 3. The largest absolute Gasteiger partial charge is 0.469 e. The van der Waals surface area contributed by atoms with E-state index in [1.54, 1.807) is 0 Å². The van der Waals surface area contributed by atoms with Crippen molar-refractivity contribution < 1.29 is 57.2 Å². The highest BCUT2D eigenvalue weighted by molar-refractivity contribution is 5.71. The normalized spacial score (nSPS) is 11.4. The third-order valence-corrected chi connectivity index (χ3v) is 12.4. The Morgan fingerprint density at radius 2 is 0.400 bits per heavy atom. The van der Waals surface area contributed by atoms with Gasteiger partial charge < -0.3 is 73.8 Å². The standard InChI is InChI=1S/C21H42N4O6.C17H36N4O4.C13H30N4O2/c1-22(10-7-19(26)29-4)13-16-25(17-14-23(2)11-8-20(27)30-5)18-15-24(3)12-9-21(28)31-6;1-18-8-11-21(14-12-19(2)9-6-16(22)24-4)15-13-20(3)10-7-17(23)25-5;1-14-6-9-17(10-7-15-2)12-11-16(3)8-5-13(18)19-4/h7-18H2,1-6H3;18H,6-15H2,1-5H3;14-15H,5-12H2,1-4H3. The van der Waals surface area contributed by atoms with Crippen LogP contribution in [0.3, 0.4) is 0 Å². The quantitative estimate of drug-likeness (QED) is 0.0466. The molecule has 0 aromatic heterocycles. The third kappa shape index (κ3) is 50.9. The van der Waals surface area contributed by atoms with Crippen LogP contribution in [0.2, 0.25) is 0 Å². The van der Waals surface area contributed by atoms with E-state index in [1.165, 1.54) is 42.7 Å². The summed E-state index contributed by atoms with van der Waals surface area (Å²) in [7, 11) is 26.4. The summed E-state index contributed by atoms with van der Waals surface area (Å²) in [5.41, 5.74) is 0. The van der Waals surface area contributed by atoms with E-state index in [2.05, 4.69) is 74.3 Å². The number of methoxy groups -OCH3 is 6. The van der Waals surface area contributed by atoms with Crippen molar-refractivity contribution in [3.8, 4) is 0 Å². The van der Waals surface area contributed by atoms with Crippen molar-refractivity contribution in [1.82, 2.24) is 60.0 Å². The average Bonchev–Trinajstić information content (AvgIpc) is 3.42. The van der Waals surface area contributed by atoms with Gasteiger partial charge in [-0.05, 0) is 63.4 Å². The van der Waals surface area contributed by atoms with E-state index < -0.39 is 0 Å². The Balaban J connectivity index is -0.00000107. The summed E-state index contributed by atoms with van der Waals surface area (Å²) in [4.78, 5) is 87.4. The lowest BCUT2D eigenvalue weighted by molar-refractivity contribution is -0.141. The maximum atomic E-state index is 11.3. The fraction of sp³-hybridized carbons (Fsp3) is 0.882. The molecule has 0 rings (SSSR count). The fourth-order valence-electron chi connectivity index (χ4n) is 6.66. The van der Waals surface area contributed by atoms with Crippen molar-refractivity contribution in [3.63, 3.8) is 0 Å². The molecule has 0 spiro atoms. The first-order valence-corrected chi connectivity index (χ1v) is 26.4. The van der Waals surface area contributed by atoms with E-state index >= 15 is 0 Å². The molecule has 0 bridgehead atoms. The van der Waals surface area contributed by atoms with Crippen LogP contribution in [-0.2, 0) is 57.2 Å². The van der Waals surface area contributed by atoms with Gasteiger partial charge in [0.05, 0.1) is 81.2 Å². The minimum Gasteiger partial charge on any atom is -0.469 e. The highest BCUT2D eigenvalue weighted by Crippen LogP contribution is 2.00. The van der Waals surface area contributed by atoms with Crippen LogP contribution in [0.15, 0.2) is 0 Å². The Morgan fingerprint density at radius 3 is 0.547 bits per heavy atom. The Kier molecular flexibility index (Phi) is 52.8. The van der Waals surface area contributed by atoms with Crippen molar-refractivity contribution in [2.24, 2.45) is 0 Å². The Hall–Kier alpha value is -3.66. The number of rotatable bonds is 45. The molecule has 0 aromatic rings. The lowest BCUT2D eigenvalue weighted by Crippen LogP contribution is -2.42. The molecule has 24 nitrogen and oxygen atoms in total. The predicted molar refractivity (Wildman–Crippen MR) is 296 cm³/mol. The summed E-state index contributed by atoms with van der Waals surface area (Å²) in [5, 5.41) is 9.52. The molecule has 0 saturated heterocycles. The van der Waals surface area contributed by atoms with Gasteiger partial charge in [-0.2, -0.15) is 0 Å². The van der Waals surface area contributed by atoms with Gasteiger partial charge >= 0.3 is 35.8 Å². The molecule has 3 N–H and O–H groups in total. The second-order valence-electron chi connectivity index (χ2n) is 18.6. The highest BCUT2D eigenvalue weighted by atomic mass is 16.5. The predicted octanol–water partition coefficient (Wildman–Crippen LogP) is -1.51. The average molecular weight is 1080 g/mol. The fourth-order valence-corrected chi connectivity index (χ4v) is 6.66. The smallest absolute Gasteiger partial charge is 0.306 e. The topological polar surface area (TPSA) is 223 Å². The van der Waals surface area contributed by atoms with Gasteiger partial charge in [-0.3, -0.25) is 43.5 Å². The lowest BCUT2D eigenvalue weighted by Gasteiger charge is -2.29. The number of likely N-dealkylation sites (N-methyl/N-ethyl adjacent to an activating group) is 9. The minimum absolute atomic E-state index is 0.144. The van der Waals surface area contributed by atoms with Crippen molar-refractivity contribution in [2.45, 2.75) is 38.5 Å². The third-order valence-electron chi connectivity index (χ3n) is 12.4. The summed E-state index contributed by atoms with van der Waals surface area (Å²) in [6.45, 7) is 20.8. The summed E-state index contributed by atoms with van der Waals surface area (Å²) in [6, 6.07) is 0. The summed E-state index contributed by atoms with van der Waals surface area (Å²) >= 11 is 0. The van der Waals surface area contributed by atoms with Gasteiger partial charge in [-0.1, -0.05) is 0 Å². The molecule has 0 heterocycles. The summed E-state index contributed by atoms with van der Waals surface area (Å²) in [6.07, 6.45) is 2.41. The monoisotopic (exact) mass is 1080 g/mol. The Labute approximate surface area is 453 Å². The van der Waals surface area contributed by atoms with E-state index in [0.717, 1.165) is 124 Å². The molecule has 0 amide bonds. The number of esters is 6. The van der Waals surface area contributed by atoms with E-state index in [9.17, 15) is 28.8 Å². The molecule has 0 aliphatic carbocycles. The molecular formula is C51H108N12O12. The van der Waals surface area contributed by atoms with Crippen LogP contribution in [0.25, 0.3) is 0 Å². The maximum Gasteiger partial charge on any atom is 0.306 e. The van der Waals surface area contributed by atoms with Gasteiger partial charge in [0.2, 0.25) is 0 Å². The molecule has 0 atom stereocenters. The number of carbonyl (C=O) groups is 6. The molecule has 444 valence electrons. The molecule has 0 aliphatic heterocycles. The van der Waals surface area contributed by atoms with Gasteiger partial charge in [-0.15, -0.1) is 0 Å². The van der Waals surface area contributed by atoms with Crippen molar-refractivity contribution in [3.05, 3.63) is 0 Å². The van der Waals surface area contributed by atoms with Crippen LogP contribution in [-0.4, -0.2) is 343 Å². The van der Waals surface area contributed by atoms with Crippen LogP contribution >= 0.6 is 0 Å². The second-order valence-corrected chi connectivity index (χ2v) is 18.6. The van der Waals surface area contributed by atoms with E-state index in [0.29, 0.717) is 71.2 Å². The minimum atomic E-state index is -0.205. The molecule has 24 heteroatoms. The lowest BCUT2D eigenvalue weighted by atomic mass is 10.3. The number of carbonyl (C=O) groups excluding carboxylic acids is 6. The molecule has 75 heavy (non-hydrogen) atoms. The number of hydrogen-bond donors (Lipinski definition) is 3. The van der Waals surface area contributed by atoms with Crippen LogP contribution in [0.1, 0.15) is 38.5 Å². The van der Waals surface area contributed by atoms with Crippen molar-refractivity contribution in [2.75, 3.05) is 263 Å². The van der Waals surface area contributed by atoms with Gasteiger partial charge in [0.1, 0.15) is 0 Å². The van der Waals surface area contributed by atoms with Crippen molar-refractivity contribution in [1.29, 1.82) is 0 Å². The molecule has 0 aliphatic rings. The molecule has 0 unspecified atom stereocenters. The van der Waals surface area contributed by atoms with Crippen LogP contribution < -0.4 is 16.0 Å².